The lowest BCUT2D eigenvalue weighted by molar-refractivity contribution is 0.175. The molecule has 4 heteroatoms. The molecule has 1 aliphatic rings. The maximum absolute atomic E-state index is 5.52. The Morgan fingerprint density at radius 2 is 2.47 bits per heavy atom. The van der Waals surface area contributed by atoms with E-state index in [1.807, 2.05) is 6.20 Å². The Morgan fingerprint density at radius 1 is 1.59 bits per heavy atom. The molecular formula is C13H23N3O. The van der Waals surface area contributed by atoms with Gasteiger partial charge in [-0.15, -0.1) is 0 Å². The summed E-state index contributed by atoms with van der Waals surface area (Å²) >= 11 is 0. The van der Waals surface area contributed by atoms with Crippen LogP contribution in [0.1, 0.15) is 38.4 Å². The molecule has 0 radical (unpaired) electrons. The van der Waals surface area contributed by atoms with Gasteiger partial charge in [-0.2, -0.15) is 5.10 Å². The van der Waals surface area contributed by atoms with Crippen molar-refractivity contribution in [1.29, 1.82) is 0 Å². The van der Waals surface area contributed by atoms with Crippen LogP contribution in [0.2, 0.25) is 0 Å². The average molecular weight is 237 g/mol. The first-order chi connectivity index (χ1) is 8.36. The third kappa shape index (κ3) is 2.87. The van der Waals surface area contributed by atoms with Crippen molar-refractivity contribution in [1.82, 2.24) is 15.1 Å². The fraction of sp³-hybridized carbons (Fsp3) is 0.769. The summed E-state index contributed by atoms with van der Waals surface area (Å²) in [7, 11) is 0. The van der Waals surface area contributed by atoms with Crippen molar-refractivity contribution < 1.29 is 4.74 Å². The first-order valence-corrected chi connectivity index (χ1v) is 6.69. The minimum absolute atomic E-state index is 0.389. The van der Waals surface area contributed by atoms with Crippen LogP contribution in [-0.4, -0.2) is 29.5 Å². The normalized spacial score (nSPS) is 21.9. The fourth-order valence-electron chi connectivity index (χ4n) is 2.50. The summed E-state index contributed by atoms with van der Waals surface area (Å²) < 4.78 is 7.61. The molecule has 96 valence electrons. The summed E-state index contributed by atoms with van der Waals surface area (Å²) in [5.41, 5.74) is 1.30. The maximum atomic E-state index is 5.52. The Morgan fingerprint density at radius 3 is 3.12 bits per heavy atom. The summed E-state index contributed by atoms with van der Waals surface area (Å²) in [5.74, 6) is 0.587. The molecule has 2 atom stereocenters. The Balaban J connectivity index is 2.13. The molecule has 0 saturated carbocycles. The zero-order valence-electron chi connectivity index (χ0n) is 10.9. The predicted octanol–water partition coefficient (Wildman–Crippen LogP) is 1.98. The quantitative estimate of drug-likeness (QED) is 0.822. The van der Waals surface area contributed by atoms with Crippen LogP contribution < -0.4 is 5.32 Å². The number of rotatable bonds is 6. The lowest BCUT2D eigenvalue weighted by atomic mass is 9.96. The molecule has 17 heavy (non-hydrogen) atoms. The third-order valence-electron chi connectivity index (χ3n) is 3.42. The molecule has 0 bridgehead atoms. The van der Waals surface area contributed by atoms with Gasteiger partial charge < -0.3 is 10.1 Å². The van der Waals surface area contributed by atoms with Crippen LogP contribution in [0.25, 0.3) is 0 Å². The van der Waals surface area contributed by atoms with Crippen LogP contribution in [0.15, 0.2) is 12.3 Å². The molecule has 1 fully saturated rings. The highest BCUT2D eigenvalue weighted by Gasteiger charge is 2.28. The lowest BCUT2D eigenvalue weighted by Gasteiger charge is -2.24. The topological polar surface area (TPSA) is 39.1 Å². The van der Waals surface area contributed by atoms with Crippen molar-refractivity contribution in [3.05, 3.63) is 18.0 Å². The molecule has 2 heterocycles. The molecule has 2 unspecified atom stereocenters. The monoisotopic (exact) mass is 237 g/mol. The number of aryl methyl sites for hydroxylation is 1. The van der Waals surface area contributed by atoms with Crippen LogP contribution in [0, 0.1) is 5.92 Å². The molecule has 1 N–H and O–H groups in total. The van der Waals surface area contributed by atoms with E-state index in [0.29, 0.717) is 12.0 Å². The van der Waals surface area contributed by atoms with Gasteiger partial charge >= 0.3 is 0 Å². The van der Waals surface area contributed by atoms with E-state index in [1.165, 1.54) is 5.69 Å². The Labute approximate surface area is 103 Å². The van der Waals surface area contributed by atoms with Crippen molar-refractivity contribution in [3.63, 3.8) is 0 Å². The van der Waals surface area contributed by atoms with E-state index in [9.17, 15) is 0 Å². The SMILES string of the molecule is CCCNC(c1ccnn1CC)C1CCOC1. The highest BCUT2D eigenvalue weighted by atomic mass is 16.5. The number of aromatic nitrogens is 2. The maximum Gasteiger partial charge on any atom is 0.0557 e. The molecule has 1 aromatic heterocycles. The van der Waals surface area contributed by atoms with Crippen molar-refractivity contribution in [2.45, 2.75) is 39.3 Å². The molecule has 0 aliphatic carbocycles. The summed E-state index contributed by atoms with van der Waals surface area (Å²) in [6, 6.07) is 2.52. The summed E-state index contributed by atoms with van der Waals surface area (Å²) in [5, 5.41) is 8.02. The standard InChI is InChI=1S/C13H23N3O/c1-3-7-14-13(11-6-9-17-10-11)12-5-8-15-16(12)4-2/h5,8,11,13-14H,3-4,6-7,9-10H2,1-2H3. The molecule has 1 aliphatic heterocycles. The zero-order chi connectivity index (χ0) is 12.1. The van der Waals surface area contributed by atoms with E-state index < -0.39 is 0 Å². The highest BCUT2D eigenvalue weighted by molar-refractivity contribution is 5.09. The second-order valence-corrected chi connectivity index (χ2v) is 4.63. The zero-order valence-corrected chi connectivity index (χ0v) is 10.9. The molecule has 2 rings (SSSR count). The van der Waals surface area contributed by atoms with Gasteiger partial charge in [0, 0.05) is 25.3 Å². The number of hydrogen-bond acceptors (Lipinski definition) is 3. The molecule has 0 aromatic carbocycles. The first kappa shape index (κ1) is 12.6. The van der Waals surface area contributed by atoms with Crippen LogP contribution in [0.3, 0.4) is 0 Å². The van der Waals surface area contributed by atoms with E-state index >= 15 is 0 Å². The van der Waals surface area contributed by atoms with Gasteiger partial charge in [-0.25, -0.2) is 0 Å². The first-order valence-electron chi connectivity index (χ1n) is 6.69. The smallest absolute Gasteiger partial charge is 0.0557 e. The summed E-state index contributed by atoms with van der Waals surface area (Å²) in [4.78, 5) is 0. The average Bonchev–Trinajstić information content (AvgIpc) is 3.00. The molecule has 0 spiro atoms. The summed E-state index contributed by atoms with van der Waals surface area (Å²) in [6.07, 6.45) is 4.20. The molecule has 1 saturated heterocycles. The second-order valence-electron chi connectivity index (χ2n) is 4.63. The van der Waals surface area contributed by atoms with E-state index in [2.05, 4.69) is 35.0 Å². The van der Waals surface area contributed by atoms with Gasteiger partial charge in [0.2, 0.25) is 0 Å². The van der Waals surface area contributed by atoms with E-state index in [4.69, 9.17) is 4.74 Å². The predicted molar refractivity (Wildman–Crippen MR) is 67.9 cm³/mol. The molecular weight excluding hydrogens is 214 g/mol. The van der Waals surface area contributed by atoms with E-state index in [0.717, 1.165) is 39.1 Å². The van der Waals surface area contributed by atoms with Gasteiger partial charge in [-0.1, -0.05) is 6.92 Å². The van der Waals surface area contributed by atoms with Crippen LogP contribution in [0.5, 0.6) is 0 Å². The van der Waals surface area contributed by atoms with Gasteiger partial charge in [0.05, 0.1) is 18.3 Å². The van der Waals surface area contributed by atoms with Gasteiger partial charge in [0.15, 0.2) is 0 Å². The lowest BCUT2D eigenvalue weighted by Crippen LogP contribution is -2.31. The second kappa shape index (κ2) is 6.17. The van der Waals surface area contributed by atoms with Crippen LogP contribution >= 0.6 is 0 Å². The summed E-state index contributed by atoms with van der Waals surface area (Å²) in [6.45, 7) is 8.09. The fourth-order valence-corrected chi connectivity index (χ4v) is 2.50. The van der Waals surface area contributed by atoms with Crippen LogP contribution in [0.4, 0.5) is 0 Å². The molecule has 1 aromatic rings. The number of nitrogens with zero attached hydrogens (tertiary/aromatic N) is 2. The van der Waals surface area contributed by atoms with Gasteiger partial charge in [0.25, 0.3) is 0 Å². The minimum atomic E-state index is 0.389. The van der Waals surface area contributed by atoms with Gasteiger partial charge in [-0.05, 0) is 32.4 Å². The van der Waals surface area contributed by atoms with Crippen LogP contribution in [-0.2, 0) is 11.3 Å². The largest absolute Gasteiger partial charge is 0.381 e. The molecule has 4 nitrogen and oxygen atoms in total. The Kier molecular flexibility index (Phi) is 4.57. The third-order valence-corrected chi connectivity index (χ3v) is 3.42. The van der Waals surface area contributed by atoms with Gasteiger partial charge in [0.1, 0.15) is 0 Å². The van der Waals surface area contributed by atoms with Crippen molar-refractivity contribution >= 4 is 0 Å². The van der Waals surface area contributed by atoms with Gasteiger partial charge in [-0.3, -0.25) is 4.68 Å². The highest BCUT2D eigenvalue weighted by Crippen LogP contribution is 2.28. The number of hydrogen-bond donors (Lipinski definition) is 1. The van der Waals surface area contributed by atoms with E-state index in [-0.39, 0.29) is 0 Å². The van der Waals surface area contributed by atoms with Crippen molar-refractivity contribution in [2.75, 3.05) is 19.8 Å². The minimum Gasteiger partial charge on any atom is -0.381 e. The Bertz CT molecular complexity index is 331. The number of ether oxygens (including phenoxy) is 1. The number of nitrogens with one attached hydrogen (secondary N) is 1. The van der Waals surface area contributed by atoms with Crippen molar-refractivity contribution in [3.8, 4) is 0 Å². The van der Waals surface area contributed by atoms with Crippen molar-refractivity contribution in [2.24, 2.45) is 5.92 Å². The van der Waals surface area contributed by atoms with E-state index in [1.54, 1.807) is 0 Å². The Hall–Kier alpha value is -0.870. The molecule has 0 amide bonds.